The predicted molar refractivity (Wildman–Crippen MR) is 67.0 cm³/mol. The second-order valence-corrected chi connectivity index (χ2v) is 4.30. The number of rotatable bonds is 8. The molecule has 0 aliphatic rings. The third kappa shape index (κ3) is 5.35. The lowest BCUT2D eigenvalue weighted by Gasteiger charge is -2.07. The number of furan rings is 1. The summed E-state index contributed by atoms with van der Waals surface area (Å²) in [7, 11) is 1.90. The van der Waals surface area contributed by atoms with E-state index in [0.29, 0.717) is 19.8 Å². The average Bonchev–Trinajstić information content (AvgIpc) is 2.59. The average molecular weight is 241 g/mol. The molecule has 1 rings (SSSR count). The lowest BCUT2D eigenvalue weighted by atomic mass is 10.2. The van der Waals surface area contributed by atoms with Crippen LogP contribution in [-0.4, -0.2) is 26.4 Å². The van der Waals surface area contributed by atoms with E-state index in [1.807, 2.05) is 33.9 Å². The van der Waals surface area contributed by atoms with Crippen molar-refractivity contribution < 1.29 is 13.9 Å². The van der Waals surface area contributed by atoms with Crippen LogP contribution in [0.2, 0.25) is 0 Å². The topological polar surface area (TPSA) is 43.6 Å². The lowest BCUT2D eigenvalue weighted by Crippen LogP contribution is -2.09. The van der Waals surface area contributed by atoms with Crippen LogP contribution in [0.4, 0.5) is 0 Å². The van der Waals surface area contributed by atoms with Crippen molar-refractivity contribution in [2.24, 2.45) is 0 Å². The number of aryl methyl sites for hydroxylation is 1. The van der Waals surface area contributed by atoms with Crippen LogP contribution < -0.4 is 5.32 Å². The van der Waals surface area contributed by atoms with E-state index in [1.54, 1.807) is 0 Å². The van der Waals surface area contributed by atoms with E-state index in [9.17, 15) is 0 Å². The minimum absolute atomic E-state index is 0.261. The van der Waals surface area contributed by atoms with Gasteiger partial charge in [-0.05, 0) is 33.9 Å². The van der Waals surface area contributed by atoms with Gasteiger partial charge in [0, 0.05) is 5.56 Å². The molecule has 0 aliphatic carbocycles. The Morgan fingerprint density at radius 1 is 1.35 bits per heavy atom. The molecule has 0 spiro atoms. The molecule has 1 aromatic heterocycles. The van der Waals surface area contributed by atoms with Crippen LogP contribution >= 0.6 is 0 Å². The molecule has 0 aromatic carbocycles. The number of nitrogens with one attached hydrogen (secondary N) is 1. The van der Waals surface area contributed by atoms with Gasteiger partial charge in [0.05, 0.1) is 32.5 Å². The summed E-state index contributed by atoms with van der Waals surface area (Å²) in [5.74, 6) is 1.88. The van der Waals surface area contributed by atoms with Crippen LogP contribution in [-0.2, 0) is 22.6 Å². The molecular formula is C13H23NO3. The maximum atomic E-state index is 5.58. The Labute approximate surface area is 103 Å². The predicted octanol–water partition coefficient (Wildman–Crippen LogP) is 2.25. The van der Waals surface area contributed by atoms with Crippen molar-refractivity contribution in [2.45, 2.75) is 40.0 Å². The second kappa shape index (κ2) is 7.48. The smallest absolute Gasteiger partial charge is 0.118 e. The fourth-order valence-corrected chi connectivity index (χ4v) is 1.52. The number of hydrogen-bond donors (Lipinski definition) is 1. The highest BCUT2D eigenvalue weighted by Gasteiger charge is 2.06. The van der Waals surface area contributed by atoms with Gasteiger partial charge in [-0.15, -0.1) is 0 Å². The SMILES string of the molecule is CNCc1cc(COCCOC(C)C)c(C)o1. The largest absolute Gasteiger partial charge is 0.465 e. The van der Waals surface area contributed by atoms with E-state index in [2.05, 4.69) is 5.32 Å². The van der Waals surface area contributed by atoms with Crippen molar-refractivity contribution in [2.75, 3.05) is 20.3 Å². The normalized spacial score (nSPS) is 11.4. The van der Waals surface area contributed by atoms with Gasteiger partial charge >= 0.3 is 0 Å². The molecule has 0 radical (unpaired) electrons. The molecule has 17 heavy (non-hydrogen) atoms. The first-order valence-electron chi connectivity index (χ1n) is 6.05. The Hall–Kier alpha value is -0.840. The zero-order valence-electron chi connectivity index (χ0n) is 11.2. The van der Waals surface area contributed by atoms with Crippen LogP contribution in [0.15, 0.2) is 10.5 Å². The molecule has 1 aromatic rings. The Bertz CT molecular complexity index is 320. The third-order valence-electron chi connectivity index (χ3n) is 2.36. The molecular weight excluding hydrogens is 218 g/mol. The molecule has 0 saturated heterocycles. The summed E-state index contributed by atoms with van der Waals surface area (Å²) in [4.78, 5) is 0. The quantitative estimate of drug-likeness (QED) is 0.709. The Morgan fingerprint density at radius 3 is 2.76 bits per heavy atom. The zero-order valence-corrected chi connectivity index (χ0v) is 11.2. The molecule has 0 unspecified atom stereocenters. The summed E-state index contributed by atoms with van der Waals surface area (Å²) in [5.41, 5.74) is 1.11. The van der Waals surface area contributed by atoms with Gasteiger partial charge in [-0.3, -0.25) is 0 Å². The molecule has 0 saturated carbocycles. The van der Waals surface area contributed by atoms with Crippen LogP contribution in [0.25, 0.3) is 0 Å². The summed E-state index contributed by atoms with van der Waals surface area (Å²) >= 11 is 0. The fourth-order valence-electron chi connectivity index (χ4n) is 1.52. The first-order chi connectivity index (χ1) is 8.13. The lowest BCUT2D eigenvalue weighted by molar-refractivity contribution is 0.0140. The molecule has 0 amide bonds. The van der Waals surface area contributed by atoms with Crippen LogP contribution in [0.1, 0.15) is 30.9 Å². The fraction of sp³-hybridized carbons (Fsp3) is 0.692. The van der Waals surface area contributed by atoms with Gasteiger partial charge in [-0.2, -0.15) is 0 Å². The third-order valence-corrected chi connectivity index (χ3v) is 2.36. The van der Waals surface area contributed by atoms with E-state index >= 15 is 0 Å². The standard InChI is InChI=1S/C13H23NO3/c1-10(2)16-6-5-15-9-12-7-13(8-14-4)17-11(12)3/h7,10,14H,5-6,8-9H2,1-4H3. The van der Waals surface area contributed by atoms with Gasteiger partial charge in [0.25, 0.3) is 0 Å². The Balaban J connectivity index is 2.26. The van der Waals surface area contributed by atoms with E-state index in [-0.39, 0.29) is 6.10 Å². The first-order valence-corrected chi connectivity index (χ1v) is 6.05. The molecule has 0 atom stereocenters. The van der Waals surface area contributed by atoms with Crippen molar-refractivity contribution in [3.8, 4) is 0 Å². The Morgan fingerprint density at radius 2 is 2.12 bits per heavy atom. The van der Waals surface area contributed by atoms with Gasteiger partial charge in [0.15, 0.2) is 0 Å². The van der Waals surface area contributed by atoms with Gasteiger partial charge in [-0.1, -0.05) is 0 Å². The van der Waals surface area contributed by atoms with Crippen LogP contribution in [0.3, 0.4) is 0 Å². The summed E-state index contributed by atoms with van der Waals surface area (Å²) in [6, 6.07) is 2.04. The monoisotopic (exact) mass is 241 g/mol. The highest BCUT2D eigenvalue weighted by molar-refractivity contribution is 5.19. The van der Waals surface area contributed by atoms with Crippen molar-refractivity contribution in [3.05, 3.63) is 23.2 Å². The van der Waals surface area contributed by atoms with Gasteiger partial charge in [-0.25, -0.2) is 0 Å². The van der Waals surface area contributed by atoms with Crippen molar-refractivity contribution in [1.29, 1.82) is 0 Å². The molecule has 1 N–H and O–H groups in total. The van der Waals surface area contributed by atoms with Crippen LogP contribution in [0, 0.1) is 6.92 Å². The van der Waals surface area contributed by atoms with E-state index in [4.69, 9.17) is 13.9 Å². The molecule has 4 nitrogen and oxygen atoms in total. The minimum Gasteiger partial charge on any atom is -0.465 e. The second-order valence-electron chi connectivity index (χ2n) is 4.30. The van der Waals surface area contributed by atoms with E-state index in [1.165, 1.54) is 0 Å². The van der Waals surface area contributed by atoms with Gasteiger partial charge in [0.2, 0.25) is 0 Å². The van der Waals surface area contributed by atoms with E-state index < -0.39 is 0 Å². The van der Waals surface area contributed by atoms with Crippen molar-refractivity contribution in [3.63, 3.8) is 0 Å². The summed E-state index contributed by atoms with van der Waals surface area (Å²) in [5, 5.41) is 3.06. The molecule has 0 fully saturated rings. The summed E-state index contributed by atoms with van der Waals surface area (Å²) in [6.07, 6.45) is 0.261. The highest BCUT2D eigenvalue weighted by Crippen LogP contribution is 2.15. The molecule has 0 aliphatic heterocycles. The van der Waals surface area contributed by atoms with Crippen molar-refractivity contribution in [1.82, 2.24) is 5.32 Å². The number of hydrogen-bond acceptors (Lipinski definition) is 4. The summed E-state index contributed by atoms with van der Waals surface area (Å²) in [6.45, 7) is 8.58. The number of ether oxygens (including phenoxy) is 2. The summed E-state index contributed by atoms with van der Waals surface area (Å²) < 4.78 is 16.5. The van der Waals surface area contributed by atoms with Crippen LogP contribution in [0.5, 0.6) is 0 Å². The van der Waals surface area contributed by atoms with E-state index in [0.717, 1.165) is 23.6 Å². The van der Waals surface area contributed by atoms with Gasteiger partial charge < -0.3 is 19.2 Å². The highest BCUT2D eigenvalue weighted by atomic mass is 16.5. The molecule has 4 heteroatoms. The first kappa shape index (κ1) is 14.2. The maximum absolute atomic E-state index is 5.58. The van der Waals surface area contributed by atoms with Crippen molar-refractivity contribution >= 4 is 0 Å². The van der Waals surface area contributed by atoms with Gasteiger partial charge in [0.1, 0.15) is 11.5 Å². The molecule has 98 valence electrons. The Kier molecular flexibility index (Phi) is 6.26. The molecule has 0 bridgehead atoms. The molecule has 1 heterocycles. The minimum atomic E-state index is 0.261. The zero-order chi connectivity index (χ0) is 12.7. The maximum Gasteiger partial charge on any atom is 0.118 e.